The van der Waals surface area contributed by atoms with Crippen LogP contribution in [0.1, 0.15) is 68.2 Å². The van der Waals surface area contributed by atoms with Gasteiger partial charge in [0, 0.05) is 25.3 Å². The Hall–Kier alpha value is -8.68. The second kappa shape index (κ2) is 43.2. The molecular weight excluding hydrogens is 1520 g/mol. The van der Waals surface area contributed by atoms with Crippen LogP contribution < -0.4 is 0 Å². The Labute approximate surface area is 695 Å². The van der Waals surface area contributed by atoms with Crippen LogP contribution in [-0.2, 0) is 157 Å². The van der Waals surface area contributed by atoms with Crippen LogP contribution in [0.4, 0.5) is 0 Å². The third kappa shape index (κ3) is 22.4. The smallest absolute Gasteiger partial charge is 0.187 e. The van der Waals surface area contributed by atoms with Crippen LogP contribution in [0.15, 0.2) is 303 Å². The van der Waals surface area contributed by atoms with E-state index in [4.69, 9.17) is 104 Å². The van der Waals surface area contributed by atoms with E-state index >= 15 is 0 Å². The summed E-state index contributed by atoms with van der Waals surface area (Å²) in [6.45, 7) is 0.991. The average molecular weight is 1620 g/mol. The Kier molecular flexibility index (Phi) is 30.5. The lowest BCUT2D eigenvalue weighted by Crippen LogP contribution is -2.67. The van der Waals surface area contributed by atoms with Gasteiger partial charge in [-0.15, -0.1) is 0 Å². The maximum absolute atomic E-state index is 7.64. The van der Waals surface area contributed by atoms with Gasteiger partial charge in [0.2, 0.25) is 0 Å². The quantitative estimate of drug-likeness (QED) is 0.0261. The minimum atomic E-state index is -1.20. The van der Waals surface area contributed by atoms with Crippen LogP contribution in [0, 0.1) is 0 Å². The lowest BCUT2D eigenvalue weighted by molar-refractivity contribution is -0.398. The largest absolute Gasteiger partial charge is 0.368 e. The average Bonchev–Trinajstić information content (AvgIpc) is 0.761. The van der Waals surface area contributed by atoms with Gasteiger partial charge >= 0.3 is 0 Å². The molecule has 0 spiro atoms. The van der Waals surface area contributed by atoms with Crippen molar-refractivity contribution in [3.8, 4) is 0 Å². The third-order valence-corrected chi connectivity index (χ3v) is 22.0. The number of benzene rings is 10. The SMILES string of the molecule is CO[C@@H]1O[C@H](COCOC[C@H]2O[C@@H](OC)[C@H](OCc3ccccc3)[C@@H](OCc3ccccc3)[C@@H]2O[C@@H]2O[C@@H]3CO[C@H](c4ccccc4)O[C@@H]3[C@H](OCc3ccccc3)[C@H]2OCc2ccccc2)[C@@H](O[C@@H]2O[C@@H]3CO[C@H](c4ccccc4)O[C@@H]3[C@H](OCc3ccccc3)[C@H]2OCc2ccccc2)[C@H](OCc2ccccc2)[C@H]1OCc1ccccc1. The highest BCUT2D eigenvalue weighted by Gasteiger charge is 2.59. The van der Waals surface area contributed by atoms with Gasteiger partial charge in [0.15, 0.2) is 37.7 Å². The highest BCUT2D eigenvalue weighted by molar-refractivity contribution is 5.23. The van der Waals surface area contributed by atoms with E-state index in [-0.39, 0.29) is 86.1 Å². The Balaban J connectivity index is 0.727. The Morgan fingerprint density at radius 1 is 0.244 bits per heavy atom. The normalized spacial score (nSPS) is 29.4. The molecule has 0 aromatic heterocycles. The van der Waals surface area contributed by atoms with Gasteiger partial charge in [0.1, 0.15) is 104 Å². The fourth-order valence-corrected chi connectivity index (χ4v) is 15.9. The standard InChI is InChI=1S/C97H104O22/c1-98-94-88(106-57-70-41-21-7-22-42-70)84(102-53-66-33-13-3-14-34-66)80(118-96-90(108-59-72-45-25-9-26-46-72)86(104-55-68-37-17-5-18-38-68)82-78(114-96)63-110-92(116-82)74-49-29-11-30-50-74)76(112-94)61-100-65-101-62-77-81(85(103-54-67-35-15-4-16-36-67)89(95(99-2)113-77)107-58-71-43-23-8-24-44-71)119-97-91(109-60-73-47-27-10-28-48-73)87(105-56-69-39-19-6-20-40-69)83-79(115-97)64-111-93(117-83)75-51-31-12-32-52-75/h3-52,76-97H,53-65H2,1-2H3/t76-,77-,78-,79-,80-,81-,82+,83+,84+,85+,86+,87+,88-,89-,90-,91-,92+,93+,94-,95-,96+,97+/m1/s1. The van der Waals surface area contributed by atoms with E-state index in [1.54, 1.807) is 14.2 Å². The van der Waals surface area contributed by atoms with E-state index in [9.17, 15) is 0 Å². The molecular formula is C97H104O22. The first-order chi connectivity index (χ1) is 58.9. The second-order valence-electron chi connectivity index (χ2n) is 30.1. The monoisotopic (exact) mass is 1620 g/mol. The molecule has 0 N–H and O–H groups in total. The highest BCUT2D eigenvalue weighted by atomic mass is 16.8. The van der Waals surface area contributed by atoms with Gasteiger partial charge in [-0.25, -0.2) is 0 Å². The molecule has 6 aliphatic rings. The molecule has 0 radical (unpaired) electrons. The van der Waals surface area contributed by atoms with E-state index in [2.05, 4.69) is 0 Å². The van der Waals surface area contributed by atoms with E-state index in [0.717, 1.165) is 55.6 Å². The van der Waals surface area contributed by atoms with Crippen molar-refractivity contribution in [2.45, 2.75) is 188 Å². The van der Waals surface area contributed by atoms with Gasteiger partial charge in [-0.3, -0.25) is 0 Å². The summed E-state index contributed by atoms with van der Waals surface area (Å²) in [4.78, 5) is 0. The zero-order valence-corrected chi connectivity index (χ0v) is 66.7. The van der Waals surface area contributed by atoms with Crippen LogP contribution in [0.3, 0.4) is 0 Å². The van der Waals surface area contributed by atoms with Gasteiger partial charge in [0.25, 0.3) is 0 Å². The molecule has 0 bridgehead atoms. The summed E-state index contributed by atoms with van der Waals surface area (Å²) >= 11 is 0. The topological polar surface area (TPSA) is 203 Å². The molecule has 6 saturated heterocycles. The molecule has 22 heteroatoms. The lowest BCUT2D eigenvalue weighted by Gasteiger charge is -2.51. The zero-order chi connectivity index (χ0) is 80.6. The van der Waals surface area contributed by atoms with E-state index in [1.165, 1.54) is 0 Å². The van der Waals surface area contributed by atoms with Crippen molar-refractivity contribution >= 4 is 0 Å². The first-order valence-electron chi connectivity index (χ1n) is 40.9. The first kappa shape index (κ1) is 83.9. The van der Waals surface area contributed by atoms with Crippen molar-refractivity contribution in [2.24, 2.45) is 0 Å². The number of methoxy groups -OCH3 is 2. The predicted octanol–water partition coefficient (Wildman–Crippen LogP) is 14.9. The number of hydrogen-bond acceptors (Lipinski definition) is 22. The zero-order valence-electron chi connectivity index (χ0n) is 66.7. The Bertz CT molecular complexity index is 4220. The van der Waals surface area contributed by atoms with Crippen molar-refractivity contribution in [3.05, 3.63) is 359 Å². The van der Waals surface area contributed by atoms with Gasteiger partial charge in [0.05, 0.1) is 79.3 Å². The maximum atomic E-state index is 7.64. The van der Waals surface area contributed by atoms with Crippen LogP contribution in [0.2, 0.25) is 0 Å². The van der Waals surface area contributed by atoms with Crippen LogP contribution >= 0.6 is 0 Å². The Morgan fingerprint density at radius 2 is 0.479 bits per heavy atom. The number of hydrogen-bond donors (Lipinski definition) is 0. The highest BCUT2D eigenvalue weighted by Crippen LogP contribution is 2.43. The Morgan fingerprint density at radius 3 is 0.739 bits per heavy atom. The van der Waals surface area contributed by atoms with Crippen molar-refractivity contribution in [2.75, 3.05) is 47.4 Å². The minimum Gasteiger partial charge on any atom is -0.368 e. The summed E-state index contributed by atoms with van der Waals surface area (Å²) in [5.74, 6) is 0. The minimum absolute atomic E-state index is 0.123. The summed E-state index contributed by atoms with van der Waals surface area (Å²) in [6.07, 6.45) is -20.2. The van der Waals surface area contributed by atoms with Crippen molar-refractivity contribution in [1.82, 2.24) is 0 Å². The fourth-order valence-electron chi connectivity index (χ4n) is 15.9. The number of rotatable bonds is 38. The lowest BCUT2D eigenvalue weighted by atomic mass is 9.95. The van der Waals surface area contributed by atoms with Gasteiger partial charge in [-0.05, 0) is 44.5 Å². The molecule has 6 heterocycles. The molecule has 0 saturated carbocycles. The van der Waals surface area contributed by atoms with E-state index in [0.29, 0.717) is 0 Å². The molecule has 0 unspecified atom stereocenters. The summed E-state index contributed by atoms with van der Waals surface area (Å²) < 4.78 is 154. The second-order valence-corrected chi connectivity index (χ2v) is 30.1. The molecule has 119 heavy (non-hydrogen) atoms. The van der Waals surface area contributed by atoms with Crippen LogP contribution in [-0.4, -0.2) is 170 Å². The van der Waals surface area contributed by atoms with Crippen molar-refractivity contribution in [3.63, 3.8) is 0 Å². The maximum Gasteiger partial charge on any atom is 0.187 e. The van der Waals surface area contributed by atoms with Crippen molar-refractivity contribution in [1.29, 1.82) is 0 Å². The molecule has 6 aliphatic heterocycles. The molecule has 624 valence electrons. The molecule has 6 fully saturated rings. The summed E-state index contributed by atoms with van der Waals surface area (Å²) in [5.41, 5.74) is 9.03. The first-order valence-corrected chi connectivity index (χ1v) is 40.9. The third-order valence-electron chi connectivity index (χ3n) is 22.0. The number of fused-ring (bicyclic) bond motifs is 2. The molecule has 22 nitrogen and oxygen atoms in total. The fraction of sp³-hybridized carbons (Fsp3) is 0.381. The molecule has 22 atom stereocenters. The molecule has 0 aliphatic carbocycles. The van der Waals surface area contributed by atoms with E-state index < -0.39 is 135 Å². The summed E-state index contributed by atoms with van der Waals surface area (Å²) in [7, 11) is 3.15. The van der Waals surface area contributed by atoms with Gasteiger partial charge in [-0.2, -0.15) is 0 Å². The van der Waals surface area contributed by atoms with Crippen molar-refractivity contribution < 1.29 is 104 Å². The molecule has 10 aromatic carbocycles. The number of ether oxygens (including phenoxy) is 22. The predicted molar refractivity (Wildman–Crippen MR) is 435 cm³/mol. The molecule has 0 amide bonds. The molecule has 16 rings (SSSR count). The van der Waals surface area contributed by atoms with Gasteiger partial charge < -0.3 is 104 Å². The van der Waals surface area contributed by atoms with Crippen LogP contribution in [0.5, 0.6) is 0 Å². The van der Waals surface area contributed by atoms with Crippen LogP contribution in [0.25, 0.3) is 0 Å². The summed E-state index contributed by atoms with van der Waals surface area (Å²) in [6, 6.07) is 99.1. The summed E-state index contributed by atoms with van der Waals surface area (Å²) in [5, 5.41) is 0. The molecule has 10 aromatic rings. The van der Waals surface area contributed by atoms with Gasteiger partial charge in [-0.1, -0.05) is 303 Å². The van der Waals surface area contributed by atoms with E-state index in [1.807, 2.05) is 303 Å².